The molecule has 6 nitrogen and oxygen atoms in total. The van der Waals surface area contributed by atoms with Crippen LogP contribution in [0.25, 0.3) is 0 Å². The second-order valence-corrected chi connectivity index (χ2v) is 4.53. The molecule has 0 aliphatic rings. The van der Waals surface area contributed by atoms with Crippen molar-refractivity contribution in [1.29, 1.82) is 0 Å². The van der Waals surface area contributed by atoms with Gasteiger partial charge in [-0.25, -0.2) is 4.79 Å². The van der Waals surface area contributed by atoms with Crippen LogP contribution in [0.3, 0.4) is 0 Å². The van der Waals surface area contributed by atoms with Gasteiger partial charge in [0.1, 0.15) is 11.7 Å². The molecule has 0 aliphatic heterocycles. The van der Waals surface area contributed by atoms with Crippen LogP contribution in [0, 0.1) is 10.1 Å². The summed E-state index contributed by atoms with van der Waals surface area (Å²) in [7, 11) is 0. The maximum atomic E-state index is 11.1. The summed E-state index contributed by atoms with van der Waals surface area (Å²) in [6, 6.07) is 3.25. The minimum atomic E-state index is -1.03. The number of rotatable bonds is 7. The number of carboxylic acids is 1. The van der Waals surface area contributed by atoms with Crippen LogP contribution in [-0.4, -0.2) is 22.0 Å². The van der Waals surface area contributed by atoms with E-state index in [2.05, 4.69) is 5.32 Å². The number of nitrogens with one attached hydrogen (secondary N) is 1. The largest absolute Gasteiger partial charge is 0.480 e. The number of nitrogens with zero attached hydrogens (tertiary/aromatic N) is 1. The molecular formula is C12H15ClN2O4. The number of carboxylic acid groups (broad SMARTS) is 1. The van der Waals surface area contributed by atoms with Crippen molar-refractivity contribution in [2.45, 2.75) is 32.2 Å². The number of halogens is 1. The predicted molar refractivity (Wildman–Crippen MR) is 72.7 cm³/mol. The SMILES string of the molecule is CCCCC(Nc1ccc(Cl)cc1[N+](=O)[O-])C(=O)O. The summed E-state index contributed by atoms with van der Waals surface area (Å²) in [6.07, 6.45) is 1.99. The van der Waals surface area contributed by atoms with Gasteiger partial charge in [0.15, 0.2) is 0 Å². The van der Waals surface area contributed by atoms with Gasteiger partial charge in [-0.05, 0) is 18.6 Å². The Morgan fingerprint density at radius 2 is 2.26 bits per heavy atom. The third-order valence-corrected chi connectivity index (χ3v) is 2.87. The lowest BCUT2D eigenvalue weighted by molar-refractivity contribution is -0.384. The number of hydrogen-bond acceptors (Lipinski definition) is 4. The normalized spacial score (nSPS) is 11.9. The van der Waals surface area contributed by atoms with E-state index in [0.29, 0.717) is 6.42 Å². The van der Waals surface area contributed by atoms with Gasteiger partial charge in [0.05, 0.1) is 4.92 Å². The number of aliphatic carboxylic acids is 1. The molecule has 0 heterocycles. The van der Waals surface area contributed by atoms with Gasteiger partial charge in [0.2, 0.25) is 0 Å². The number of benzene rings is 1. The molecule has 0 saturated heterocycles. The summed E-state index contributed by atoms with van der Waals surface area (Å²) in [5.41, 5.74) is -0.0619. The zero-order valence-corrected chi connectivity index (χ0v) is 11.2. The number of nitro groups is 1. The number of nitro benzene ring substituents is 1. The van der Waals surface area contributed by atoms with Gasteiger partial charge in [-0.1, -0.05) is 31.4 Å². The van der Waals surface area contributed by atoms with E-state index in [9.17, 15) is 14.9 Å². The van der Waals surface area contributed by atoms with Crippen LogP contribution in [0.2, 0.25) is 5.02 Å². The van der Waals surface area contributed by atoms with Crippen molar-refractivity contribution in [2.24, 2.45) is 0 Å². The van der Waals surface area contributed by atoms with Gasteiger partial charge in [-0.2, -0.15) is 0 Å². The molecule has 2 N–H and O–H groups in total. The quantitative estimate of drug-likeness (QED) is 0.592. The second-order valence-electron chi connectivity index (χ2n) is 4.10. The molecule has 1 aromatic carbocycles. The Hall–Kier alpha value is -1.82. The van der Waals surface area contributed by atoms with Crippen molar-refractivity contribution in [1.82, 2.24) is 0 Å². The van der Waals surface area contributed by atoms with Crippen LogP contribution in [0.5, 0.6) is 0 Å². The number of carbonyl (C=O) groups is 1. The molecule has 0 aromatic heterocycles. The first-order valence-electron chi connectivity index (χ1n) is 5.89. The molecule has 0 bridgehead atoms. The van der Waals surface area contributed by atoms with Gasteiger partial charge in [0.25, 0.3) is 5.69 Å². The summed E-state index contributed by atoms with van der Waals surface area (Å²) in [4.78, 5) is 21.4. The van der Waals surface area contributed by atoms with E-state index in [4.69, 9.17) is 16.7 Å². The fraction of sp³-hybridized carbons (Fsp3) is 0.417. The molecular weight excluding hydrogens is 272 g/mol. The summed E-state index contributed by atoms with van der Waals surface area (Å²) in [5, 5.41) is 22.9. The van der Waals surface area contributed by atoms with E-state index in [0.717, 1.165) is 12.8 Å². The monoisotopic (exact) mass is 286 g/mol. The third-order valence-electron chi connectivity index (χ3n) is 2.63. The number of unbranched alkanes of at least 4 members (excludes halogenated alkanes) is 1. The van der Waals surface area contributed by atoms with E-state index in [-0.39, 0.29) is 16.4 Å². The Kier molecular flexibility index (Phi) is 5.57. The first-order valence-corrected chi connectivity index (χ1v) is 6.26. The Labute approximate surface area is 115 Å². The lowest BCUT2D eigenvalue weighted by Gasteiger charge is -2.15. The van der Waals surface area contributed by atoms with Gasteiger partial charge in [0, 0.05) is 11.1 Å². The standard InChI is InChI=1S/C12H15ClN2O4/c1-2-3-4-10(12(16)17)14-9-6-5-8(13)7-11(9)15(18)19/h5-7,10,14H,2-4H2,1H3,(H,16,17). The van der Waals surface area contributed by atoms with Crippen molar-refractivity contribution in [3.8, 4) is 0 Å². The van der Waals surface area contributed by atoms with Gasteiger partial charge in [-0.15, -0.1) is 0 Å². The summed E-state index contributed by atoms with van der Waals surface area (Å²) in [6.45, 7) is 1.95. The van der Waals surface area contributed by atoms with E-state index in [1.165, 1.54) is 18.2 Å². The molecule has 1 aromatic rings. The van der Waals surface area contributed by atoms with Gasteiger partial charge in [-0.3, -0.25) is 10.1 Å². The topological polar surface area (TPSA) is 92.5 Å². The Bertz CT molecular complexity index is 479. The molecule has 1 unspecified atom stereocenters. The molecule has 0 saturated carbocycles. The molecule has 0 aliphatic carbocycles. The molecule has 0 spiro atoms. The molecule has 0 radical (unpaired) electrons. The Morgan fingerprint density at radius 3 is 2.79 bits per heavy atom. The molecule has 1 atom stereocenters. The minimum absolute atomic E-state index is 0.165. The van der Waals surface area contributed by atoms with Crippen molar-refractivity contribution < 1.29 is 14.8 Å². The molecule has 104 valence electrons. The number of hydrogen-bond donors (Lipinski definition) is 2. The fourth-order valence-electron chi connectivity index (χ4n) is 1.63. The lowest BCUT2D eigenvalue weighted by Crippen LogP contribution is -2.29. The average Bonchev–Trinajstić information content (AvgIpc) is 2.35. The van der Waals surface area contributed by atoms with Crippen molar-refractivity contribution in [3.63, 3.8) is 0 Å². The lowest BCUT2D eigenvalue weighted by atomic mass is 10.1. The van der Waals surface area contributed by atoms with E-state index >= 15 is 0 Å². The molecule has 1 rings (SSSR count). The maximum Gasteiger partial charge on any atom is 0.326 e. The summed E-state index contributed by atoms with van der Waals surface area (Å²) in [5.74, 6) is -1.03. The highest BCUT2D eigenvalue weighted by molar-refractivity contribution is 6.30. The van der Waals surface area contributed by atoms with Crippen LogP contribution in [0.4, 0.5) is 11.4 Å². The van der Waals surface area contributed by atoms with Crippen LogP contribution in [0.15, 0.2) is 18.2 Å². The first kappa shape index (κ1) is 15.2. The van der Waals surface area contributed by atoms with Crippen LogP contribution >= 0.6 is 11.6 Å². The molecule has 19 heavy (non-hydrogen) atoms. The average molecular weight is 287 g/mol. The highest BCUT2D eigenvalue weighted by Gasteiger charge is 2.21. The van der Waals surface area contributed by atoms with Gasteiger partial charge >= 0.3 is 5.97 Å². The predicted octanol–water partition coefficient (Wildman–Crippen LogP) is 3.30. The van der Waals surface area contributed by atoms with E-state index < -0.39 is 16.9 Å². The zero-order valence-electron chi connectivity index (χ0n) is 10.4. The minimum Gasteiger partial charge on any atom is -0.480 e. The number of anilines is 1. The van der Waals surface area contributed by atoms with Crippen LogP contribution in [0.1, 0.15) is 26.2 Å². The highest BCUT2D eigenvalue weighted by Crippen LogP contribution is 2.28. The first-order chi connectivity index (χ1) is 8.95. The van der Waals surface area contributed by atoms with E-state index in [1.54, 1.807) is 0 Å². The van der Waals surface area contributed by atoms with E-state index in [1.807, 2.05) is 6.92 Å². The second kappa shape index (κ2) is 6.94. The molecule has 0 fully saturated rings. The highest BCUT2D eigenvalue weighted by atomic mass is 35.5. The third kappa shape index (κ3) is 4.40. The Morgan fingerprint density at radius 1 is 1.58 bits per heavy atom. The summed E-state index contributed by atoms with van der Waals surface area (Å²) >= 11 is 5.70. The molecule has 7 heteroatoms. The molecule has 0 amide bonds. The van der Waals surface area contributed by atoms with Gasteiger partial charge < -0.3 is 10.4 Å². The van der Waals surface area contributed by atoms with Crippen molar-refractivity contribution >= 4 is 28.9 Å². The Balaban J connectivity index is 2.95. The zero-order chi connectivity index (χ0) is 14.4. The fourth-order valence-corrected chi connectivity index (χ4v) is 1.80. The summed E-state index contributed by atoms with van der Waals surface area (Å²) < 4.78 is 0. The smallest absolute Gasteiger partial charge is 0.326 e. The van der Waals surface area contributed by atoms with Crippen molar-refractivity contribution in [3.05, 3.63) is 33.3 Å². The maximum absolute atomic E-state index is 11.1. The van der Waals surface area contributed by atoms with Crippen LogP contribution in [-0.2, 0) is 4.79 Å². The van der Waals surface area contributed by atoms with Crippen LogP contribution < -0.4 is 5.32 Å². The van der Waals surface area contributed by atoms with Crippen molar-refractivity contribution in [2.75, 3.05) is 5.32 Å².